The van der Waals surface area contributed by atoms with Crippen molar-refractivity contribution in [3.05, 3.63) is 54.7 Å². The number of aryl methyl sites for hydroxylation is 1. The molecule has 0 spiro atoms. The number of benzene rings is 1. The van der Waals surface area contributed by atoms with E-state index in [1.807, 2.05) is 6.20 Å². The highest BCUT2D eigenvalue weighted by molar-refractivity contribution is 5.66. The maximum Gasteiger partial charge on any atom is 0.0553 e. The number of unbranched alkanes of at least 4 members (excludes halogenated alkanes) is 3. The minimum absolute atomic E-state index is 1.16. The van der Waals surface area contributed by atoms with E-state index in [9.17, 15) is 0 Å². The number of nitrogens with zero attached hydrogens (tertiary/aromatic N) is 1. The summed E-state index contributed by atoms with van der Waals surface area (Å²) in [6.07, 6.45) is 10.4. The maximum absolute atomic E-state index is 3.90. The summed E-state index contributed by atoms with van der Waals surface area (Å²) >= 11 is 0. The average Bonchev–Trinajstić information content (AvgIpc) is 2.87. The van der Waals surface area contributed by atoms with E-state index in [0.717, 1.165) is 6.42 Å². The SMILES string of the molecule is C=Cn1ccc(CCCCCC)c1-c1ccccc1. The van der Waals surface area contributed by atoms with Gasteiger partial charge in [0.15, 0.2) is 0 Å². The van der Waals surface area contributed by atoms with Crippen LogP contribution in [-0.2, 0) is 6.42 Å². The minimum Gasteiger partial charge on any atom is -0.324 e. The van der Waals surface area contributed by atoms with E-state index in [1.54, 1.807) is 0 Å². The van der Waals surface area contributed by atoms with Crippen LogP contribution >= 0.6 is 0 Å². The molecule has 0 atom stereocenters. The van der Waals surface area contributed by atoms with Crippen molar-refractivity contribution in [1.29, 1.82) is 0 Å². The fourth-order valence-electron chi connectivity index (χ4n) is 2.52. The molecule has 0 aliphatic rings. The van der Waals surface area contributed by atoms with Crippen molar-refractivity contribution >= 4 is 6.20 Å². The van der Waals surface area contributed by atoms with Crippen LogP contribution in [-0.4, -0.2) is 4.57 Å². The second-order valence-corrected chi connectivity index (χ2v) is 4.96. The minimum atomic E-state index is 1.16. The molecule has 0 saturated heterocycles. The first kappa shape index (κ1) is 13.7. The molecule has 1 aromatic heterocycles. The van der Waals surface area contributed by atoms with E-state index >= 15 is 0 Å². The molecule has 0 radical (unpaired) electrons. The lowest BCUT2D eigenvalue weighted by molar-refractivity contribution is 0.667. The van der Waals surface area contributed by atoms with Gasteiger partial charge < -0.3 is 4.57 Å². The Hall–Kier alpha value is -1.76. The Bertz CT molecular complexity index is 508. The van der Waals surface area contributed by atoms with Gasteiger partial charge in [-0.3, -0.25) is 0 Å². The van der Waals surface area contributed by atoms with Gasteiger partial charge in [0.2, 0.25) is 0 Å². The van der Waals surface area contributed by atoms with Gasteiger partial charge in [-0.25, -0.2) is 0 Å². The van der Waals surface area contributed by atoms with Crippen molar-refractivity contribution in [2.45, 2.75) is 39.0 Å². The van der Waals surface area contributed by atoms with Crippen molar-refractivity contribution in [1.82, 2.24) is 4.57 Å². The first-order chi connectivity index (χ1) is 9.36. The van der Waals surface area contributed by atoms with Crippen LogP contribution in [0.15, 0.2) is 49.2 Å². The average molecular weight is 253 g/mol. The van der Waals surface area contributed by atoms with Gasteiger partial charge in [0.1, 0.15) is 0 Å². The molecule has 1 aromatic carbocycles. The first-order valence-corrected chi connectivity index (χ1v) is 7.24. The number of aromatic nitrogens is 1. The third kappa shape index (κ3) is 3.37. The highest BCUT2D eigenvalue weighted by Gasteiger charge is 2.09. The zero-order valence-electron chi connectivity index (χ0n) is 11.8. The molecule has 100 valence electrons. The molecule has 2 rings (SSSR count). The predicted octanol–water partition coefficient (Wildman–Crippen LogP) is 5.38. The Morgan fingerprint density at radius 2 is 1.84 bits per heavy atom. The normalized spacial score (nSPS) is 10.6. The Balaban J connectivity index is 2.20. The molecule has 19 heavy (non-hydrogen) atoms. The van der Waals surface area contributed by atoms with Gasteiger partial charge in [0.05, 0.1) is 5.69 Å². The molecule has 0 amide bonds. The summed E-state index contributed by atoms with van der Waals surface area (Å²) in [5, 5.41) is 0. The standard InChI is InChI=1S/C18H23N/c1-3-5-6-8-13-17-14-15-19(4-2)18(17)16-11-9-7-10-12-16/h4,7,9-12,14-15H,2-3,5-6,8,13H2,1H3. The summed E-state index contributed by atoms with van der Waals surface area (Å²) in [6.45, 7) is 6.16. The van der Waals surface area contributed by atoms with Gasteiger partial charge in [0.25, 0.3) is 0 Å². The van der Waals surface area contributed by atoms with Crippen LogP contribution in [0.2, 0.25) is 0 Å². The third-order valence-electron chi connectivity index (χ3n) is 3.54. The third-order valence-corrected chi connectivity index (χ3v) is 3.54. The van der Waals surface area contributed by atoms with Crippen LogP contribution < -0.4 is 0 Å². The number of rotatable bonds is 7. The van der Waals surface area contributed by atoms with Crippen LogP contribution in [0.1, 0.15) is 38.2 Å². The van der Waals surface area contributed by atoms with Crippen molar-refractivity contribution < 1.29 is 0 Å². The molecule has 1 heterocycles. The van der Waals surface area contributed by atoms with Crippen LogP contribution in [0.25, 0.3) is 17.5 Å². The highest BCUT2D eigenvalue weighted by atomic mass is 14.9. The second kappa shape index (κ2) is 6.98. The Labute approximate surface area is 116 Å². The smallest absolute Gasteiger partial charge is 0.0553 e. The summed E-state index contributed by atoms with van der Waals surface area (Å²) in [4.78, 5) is 0. The van der Waals surface area contributed by atoms with Gasteiger partial charge in [-0.15, -0.1) is 0 Å². The zero-order chi connectivity index (χ0) is 13.5. The molecular weight excluding hydrogens is 230 g/mol. The van der Waals surface area contributed by atoms with Crippen LogP contribution in [0.4, 0.5) is 0 Å². The summed E-state index contributed by atoms with van der Waals surface area (Å²) in [5.74, 6) is 0. The molecule has 1 nitrogen and oxygen atoms in total. The van der Waals surface area contributed by atoms with Crippen LogP contribution in [0.3, 0.4) is 0 Å². The Kier molecular flexibility index (Phi) is 5.02. The van der Waals surface area contributed by atoms with Crippen LogP contribution in [0.5, 0.6) is 0 Å². The maximum atomic E-state index is 3.90. The van der Waals surface area contributed by atoms with E-state index in [-0.39, 0.29) is 0 Å². The highest BCUT2D eigenvalue weighted by Crippen LogP contribution is 2.26. The Morgan fingerprint density at radius 3 is 2.53 bits per heavy atom. The lowest BCUT2D eigenvalue weighted by atomic mass is 10.0. The monoisotopic (exact) mass is 253 g/mol. The predicted molar refractivity (Wildman–Crippen MR) is 84.1 cm³/mol. The quantitative estimate of drug-likeness (QED) is 0.584. The van der Waals surface area contributed by atoms with E-state index in [4.69, 9.17) is 0 Å². The van der Waals surface area contributed by atoms with Gasteiger partial charge in [0, 0.05) is 12.4 Å². The molecule has 0 aliphatic carbocycles. The van der Waals surface area contributed by atoms with Gasteiger partial charge in [-0.05, 0) is 30.0 Å². The van der Waals surface area contributed by atoms with Gasteiger partial charge >= 0.3 is 0 Å². The van der Waals surface area contributed by atoms with E-state index in [0.29, 0.717) is 0 Å². The first-order valence-electron chi connectivity index (χ1n) is 7.24. The molecule has 0 N–H and O–H groups in total. The molecule has 0 unspecified atom stereocenters. The summed E-state index contributed by atoms with van der Waals surface area (Å²) < 4.78 is 2.13. The van der Waals surface area contributed by atoms with E-state index in [1.165, 1.54) is 42.5 Å². The second-order valence-electron chi connectivity index (χ2n) is 4.96. The van der Waals surface area contributed by atoms with Gasteiger partial charge in [-0.2, -0.15) is 0 Å². The molecule has 0 saturated carbocycles. The molecule has 1 heteroatoms. The Morgan fingerprint density at radius 1 is 1.05 bits per heavy atom. The van der Waals surface area contributed by atoms with E-state index < -0.39 is 0 Å². The molecule has 0 bridgehead atoms. The number of hydrogen-bond donors (Lipinski definition) is 0. The largest absolute Gasteiger partial charge is 0.324 e. The molecule has 0 aliphatic heterocycles. The van der Waals surface area contributed by atoms with E-state index in [2.05, 4.69) is 60.7 Å². The molecule has 0 fully saturated rings. The molecular formula is C18H23N. The van der Waals surface area contributed by atoms with Crippen molar-refractivity contribution in [3.8, 4) is 11.3 Å². The zero-order valence-corrected chi connectivity index (χ0v) is 11.8. The van der Waals surface area contributed by atoms with Crippen molar-refractivity contribution in [2.24, 2.45) is 0 Å². The summed E-state index contributed by atoms with van der Waals surface area (Å²) in [5.41, 5.74) is 4.01. The molecule has 2 aromatic rings. The lowest BCUT2D eigenvalue weighted by Crippen LogP contribution is -1.93. The summed E-state index contributed by atoms with van der Waals surface area (Å²) in [6, 6.07) is 12.8. The van der Waals surface area contributed by atoms with Crippen LogP contribution in [0, 0.1) is 0 Å². The van der Waals surface area contributed by atoms with Crippen molar-refractivity contribution in [3.63, 3.8) is 0 Å². The summed E-state index contributed by atoms with van der Waals surface area (Å²) in [7, 11) is 0. The fraction of sp³-hybridized carbons (Fsp3) is 0.333. The fourth-order valence-corrected chi connectivity index (χ4v) is 2.52. The topological polar surface area (TPSA) is 4.93 Å². The number of hydrogen-bond acceptors (Lipinski definition) is 0. The van der Waals surface area contributed by atoms with Gasteiger partial charge in [-0.1, -0.05) is 63.1 Å². The lowest BCUT2D eigenvalue weighted by Gasteiger charge is -2.08. The van der Waals surface area contributed by atoms with Crippen molar-refractivity contribution in [2.75, 3.05) is 0 Å².